The first-order valence-electron chi connectivity index (χ1n) is 6.12. The maximum Gasteiger partial charge on any atom is 0.408 e. The van der Waals surface area contributed by atoms with E-state index in [0.29, 0.717) is 4.68 Å². The molecule has 1 unspecified atom stereocenters. The van der Waals surface area contributed by atoms with Crippen molar-refractivity contribution < 1.29 is 17.7 Å². The minimum atomic E-state index is -4.42. The minimum absolute atomic E-state index is 0.0774. The van der Waals surface area contributed by atoms with Crippen molar-refractivity contribution in [2.24, 2.45) is 11.1 Å². The van der Waals surface area contributed by atoms with E-state index in [4.69, 9.17) is 10.3 Å². The van der Waals surface area contributed by atoms with Crippen LogP contribution in [0.3, 0.4) is 0 Å². The lowest BCUT2D eigenvalue weighted by molar-refractivity contribution is -0.142. The highest BCUT2D eigenvalue weighted by molar-refractivity contribution is 5.41. The minimum Gasteiger partial charge on any atom is -0.337 e. The van der Waals surface area contributed by atoms with Gasteiger partial charge in [-0.25, -0.2) is 9.67 Å². The van der Waals surface area contributed by atoms with Gasteiger partial charge in [-0.05, 0) is 5.41 Å². The van der Waals surface area contributed by atoms with Crippen molar-refractivity contribution in [3.05, 3.63) is 12.2 Å². The van der Waals surface area contributed by atoms with Crippen LogP contribution in [-0.2, 0) is 6.54 Å². The summed E-state index contributed by atoms with van der Waals surface area (Å²) in [5.74, 6) is -0.0612. The normalized spacial score (nSPS) is 14.4. The molecule has 0 fully saturated rings. The summed E-state index contributed by atoms with van der Waals surface area (Å²) in [5, 5.41) is 7.14. The van der Waals surface area contributed by atoms with Gasteiger partial charge in [0.05, 0.1) is 6.04 Å². The molecule has 116 valence electrons. The molecule has 0 aliphatic carbocycles. The molecule has 0 saturated carbocycles. The highest BCUT2D eigenvalue weighted by Crippen LogP contribution is 2.30. The molecule has 0 aliphatic rings. The number of nitrogens with zero attached hydrogens (tertiary/aromatic N) is 5. The van der Waals surface area contributed by atoms with E-state index in [2.05, 4.69) is 20.2 Å². The van der Waals surface area contributed by atoms with Crippen LogP contribution in [-0.4, -0.2) is 31.1 Å². The predicted molar refractivity (Wildman–Crippen MR) is 65.8 cm³/mol. The Kier molecular flexibility index (Phi) is 3.74. The first-order chi connectivity index (χ1) is 9.58. The summed E-state index contributed by atoms with van der Waals surface area (Å²) in [7, 11) is 0. The van der Waals surface area contributed by atoms with E-state index in [0.717, 1.165) is 6.33 Å². The lowest BCUT2D eigenvalue weighted by Crippen LogP contribution is -2.26. The van der Waals surface area contributed by atoms with Gasteiger partial charge in [0, 0.05) is 0 Å². The maximum atomic E-state index is 12.4. The maximum absolute atomic E-state index is 12.4. The van der Waals surface area contributed by atoms with Gasteiger partial charge >= 0.3 is 6.18 Å². The van der Waals surface area contributed by atoms with E-state index in [9.17, 15) is 13.2 Å². The van der Waals surface area contributed by atoms with Gasteiger partial charge in [0.25, 0.3) is 0 Å². The molecule has 0 amide bonds. The van der Waals surface area contributed by atoms with Gasteiger partial charge in [0.1, 0.15) is 12.9 Å². The third kappa shape index (κ3) is 3.57. The molecule has 0 aliphatic heterocycles. The second-order valence-electron chi connectivity index (χ2n) is 5.66. The first-order valence-corrected chi connectivity index (χ1v) is 6.12. The van der Waals surface area contributed by atoms with Crippen molar-refractivity contribution in [1.29, 1.82) is 0 Å². The SMILES string of the molecule is CC(C)(C)C(N)c1nc(-c2ncnn2CC(F)(F)F)no1. The quantitative estimate of drug-likeness (QED) is 0.931. The first kappa shape index (κ1) is 15.4. The number of alkyl halides is 3. The van der Waals surface area contributed by atoms with Crippen molar-refractivity contribution in [2.75, 3.05) is 0 Å². The average molecular weight is 304 g/mol. The van der Waals surface area contributed by atoms with Crippen LogP contribution in [0.25, 0.3) is 11.6 Å². The van der Waals surface area contributed by atoms with Crippen LogP contribution < -0.4 is 5.73 Å². The highest BCUT2D eigenvalue weighted by Gasteiger charge is 2.32. The fourth-order valence-corrected chi connectivity index (χ4v) is 1.55. The molecule has 0 bridgehead atoms. The van der Waals surface area contributed by atoms with Gasteiger partial charge in [0.15, 0.2) is 5.82 Å². The van der Waals surface area contributed by atoms with Crippen LogP contribution in [0.15, 0.2) is 10.9 Å². The van der Waals surface area contributed by atoms with Crippen LogP contribution in [0.5, 0.6) is 0 Å². The molecule has 0 saturated heterocycles. The molecule has 21 heavy (non-hydrogen) atoms. The van der Waals surface area contributed by atoms with Crippen molar-refractivity contribution in [1.82, 2.24) is 24.9 Å². The molecular formula is C11H15F3N6O. The van der Waals surface area contributed by atoms with E-state index >= 15 is 0 Å². The number of aromatic nitrogens is 5. The molecule has 2 rings (SSSR count). The summed E-state index contributed by atoms with van der Waals surface area (Å²) >= 11 is 0. The Morgan fingerprint density at radius 2 is 2.00 bits per heavy atom. The zero-order chi connectivity index (χ0) is 15.8. The number of halogens is 3. The third-order valence-electron chi connectivity index (χ3n) is 2.79. The van der Waals surface area contributed by atoms with E-state index < -0.39 is 18.8 Å². The fraction of sp³-hybridized carbons (Fsp3) is 0.636. The molecular weight excluding hydrogens is 289 g/mol. The summed E-state index contributed by atoms with van der Waals surface area (Å²) in [6.45, 7) is 4.37. The molecule has 10 heteroatoms. The van der Waals surface area contributed by atoms with Crippen molar-refractivity contribution in [2.45, 2.75) is 39.5 Å². The Morgan fingerprint density at radius 1 is 1.33 bits per heavy atom. The number of hydrogen-bond acceptors (Lipinski definition) is 6. The number of hydrogen-bond donors (Lipinski definition) is 1. The summed E-state index contributed by atoms with van der Waals surface area (Å²) < 4.78 is 43.0. The zero-order valence-electron chi connectivity index (χ0n) is 11.7. The topological polar surface area (TPSA) is 95.7 Å². The summed E-state index contributed by atoms with van der Waals surface area (Å²) in [6, 6.07) is -0.544. The van der Waals surface area contributed by atoms with E-state index in [1.54, 1.807) is 0 Å². The Labute approximate surface area is 118 Å². The van der Waals surface area contributed by atoms with Crippen LogP contribution in [0.4, 0.5) is 13.2 Å². The van der Waals surface area contributed by atoms with E-state index in [1.807, 2.05) is 20.8 Å². The van der Waals surface area contributed by atoms with Crippen LogP contribution in [0, 0.1) is 5.41 Å². The van der Waals surface area contributed by atoms with E-state index in [-0.39, 0.29) is 23.0 Å². The second-order valence-corrected chi connectivity index (χ2v) is 5.66. The lowest BCUT2D eigenvalue weighted by atomic mass is 9.87. The lowest BCUT2D eigenvalue weighted by Gasteiger charge is -2.23. The summed E-state index contributed by atoms with van der Waals surface area (Å²) in [4.78, 5) is 7.75. The van der Waals surface area contributed by atoms with Crippen LogP contribution in [0.2, 0.25) is 0 Å². The molecule has 7 nitrogen and oxygen atoms in total. The van der Waals surface area contributed by atoms with Crippen LogP contribution >= 0.6 is 0 Å². The monoisotopic (exact) mass is 304 g/mol. The molecule has 0 spiro atoms. The molecule has 2 heterocycles. The number of nitrogens with two attached hydrogens (primary N) is 1. The van der Waals surface area contributed by atoms with Gasteiger partial charge in [-0.3, -0.25) is 0 Å². The highest BCUT2D eigenvalue weighted by atomic mass is 19.4. The van der Waals surface area contributed by atoms with Crippen LogP contribution in [0.1, 0.15) is 32.7 Å². The third-order valence-corrected chi connectivity index (χ3v) is 2.79. The Balaban J connectivity index is 2.29. The molecule has 2 aromatic rings. The van der Waals surface area contributed by atoms with Crippen molar-refractivity contribution in [3.63, 3.8) is 0 Å². The smallest absolute Gasteiger partial charge is 0.337 e. The van der Waals surface area contributed by atoms with Gasteiger partial charge in [-0.15, -0.1) is 0 Å². The molecule has 0 aromatic carbocycles. The number of rotatable bonds is 3. The summed E-state index contributed by atoms with van der Waals surface area (Å²) in [6.07, 6.45) is -3.42. The van der Waals surface area contributed by atoms with Crippen molar-refractivity contribution >= 4 is 0 Å². The Morgan fingerprint density at radius 3 is 2.57 bits per heavy atom. The van der Waals surface area contributed by atoms with Crippen molar-refractivity contribution in [3.8, 4) is 11.6 Å². The van der Waals surface area contributed by atoms with Gasteiger partial charge in [0.2, 0.25) is 11.7 Å². The average Bonchev–Trinajstić information content (AvgIpc) is 2.92. The van der Waals surface area contributed by atoms with Gasteiger partial charge in [-0.1, -0.05) is 25.9 Å². The van der Waals surface area contributed by atoms with Gasteiger partial charge < -0.3 is 10.3 Å². The molecule has 1 atom stereocenters. The molecule has 2 N–H and O–H groups in total. The Hall–Kier alpha value is -1.97. The second kappa shape index (κ2) is 5.10. The largest absolute Gasteiger partial charge is 0.408 e. The Bertz CT molecular complexity index is 612. The predicted octanol–water partition coefficient (Wildman–Crippen LogP) is 1.94. The molecule has 0 radical (unpaired) electrons. The van der Waals surface area contributed by atoms with E-state index in [1.165, 1.54) is 0 Å². The fourth-order valence-electron chi connectivity index (χ4n) is 1.55. The standard InChI is InChI=1S/C11H15F3N6O/c1-10(2,3)6(15)9-18-7(19-21-9)8-16-5-17-20(8)4-11(12,13)14/h5-6H,4,15H2,1-3H3. The zero-order valence-corrected chi connectivity index (χ0v) is 11.7. The summed E-state index contributed by atoms with van der Waals surface area (Å²) in [5.41, 5.74) is 5.63. The van der Waals surface area contributed by atoms with Gasteiger partial charge in [-0.2, -0.15) is 23.3 Å². The molecule has 2 aromatic heterocycles.